The van der Waals surface area contributed by atoms with Crippen molar-refractivity contribution < 1.29 is 24.5 Å². The van der Waals surface area contributed by atoms with Crippen molar-refractivity contribution in [2.75, 3.05) is 6.61 Å². The minimum atomic E-state index is -0.799. The molecule has 0 aliphatic heterocycles. The van der Waals surface area contributed by atoms with Gasteiger partial charge in [0.05, 0.1) is 25.2 Å². The molecule has 0 aliphatic carbocycles. The summed E-state index contributed by atoms with van der Waals surface area (Å²) in [6.45, 7) is 6.25. The van der Waals surface area contributed by atoms with Gasteiger partial charge in [0, 0.05) is 6.42 Å². The van der Waals surface area contributed by atoms with E-state index in [-0.39, 0.29) is 24.9 Å². The molecule has 3 unspecified atom stereocenters. The zero-order valence-electron chi connectivity index (χ0n) is 32.1. The monoisotopic (exact) mass is 688 g/mol. The summed E-state index contributed by atoms with van der Waals surface area (Å²) in [6.07, 6.45) is 41.8. The van der Waals surface area contributed by atoms with Crippen LogP contribution in [0.1, 0.15) is 188 Å². The third kappa shape index (κ3) is 32.8. The van der Waals surface area contributed by atoms with Gasteiger partial charge in [-0.2, -0.15) is 0 Å². The van der Waals surface area contributed by atoms with Crippen LogP contribution in [0.3, 0.4) is 0 Å². The number of amides is 1. The van der Waals surface area contributed by atoms with Gasteiger partial charge in [0.15, 0.2) is 0 Å². The fourth-order valence-electron chi connectivity index (χ4n) is 5.91. The summed E-state index contributed by atoms with van der Waals surface area (Å²) in [5.41, 5.74) is 0. The Bertz CT molecular complexity index is 864. The average Bonchev–Trinajstić information content (AvgIpc) is 3.09. The van der Waals surface area contributed by atoms with E-state index in [4.69, 9.17) is 4.74 Å². The minimum absolute atomic E-state index is 0.0325. The summed E-state index contributed by atoms with van der Waals surface area (Å²) in [6, 6.07) is -0.717. The van der Waals surface area contributed by atoms with Crippen molar-refractivity contribution in [2.24, 2.45) is 0 Å². The highest BCUT2D eigenvalue weighted by Crippen LogP contribution is 2.16. The molecule has 0 aliphatic rings. The topological polar surface area (TPSA) is 95.9 Å². The van der Waals surface area contributed by atoms with E-state index in [1.54, 1.807) is 0 Å². The molecule has 3 N–H and O–H groups in total. The molecular weight excluding hydrogens is 610 g/mol. The molecule has 0 aromatic carbocycles. The third-order valence-electron chi connectivity index (χ3n) is 9.02. The van der Waals surface area contributed by atoms with E-state index in [9.17, 15) is 19.8 Å². The Balaban J connectivity index is 4.73. The van der Waals surface area contributed by atoms with Crippen molar-refractivity contribution in [2.45, 2.75) is 206 Å². The fourth-order valence-corrected chi connectivity index (χ4v) is 5.91. The molecule has 6 heteroatoms. The third-order valence-corrected chi connectivity index (χ3v) is 9.02. The molecule has 0 saturated carbocycles. The first-order chi connectivity index (χ1) is 24.0. The molecule has 0 rings (SSSR count). The molecule has 6 nitrogen and oxygen atoms in total. The summed E-state index contributed by atoms with van der Waals surface area (Å²) < 4.78 is 5.83. The first-order valence-electron chi connectivity index (χ1n) is 20.4. The van der Waals surface area contributed by atoms with Gasteiger partial charge in [-0.05, 0) is 38.5 Å². The molecule has 49 heavy (non-hydrogen) atoms. The van der Waals surface area contributed by atoms with E-state index < -0.39 is 18.2 Å². The first-order valence-corrected chi connectivity index (χ1v) is 20.4. The number of carbonyl (C=O) groups is 2. The number of unbranched alkanes of at least 4 members (excludes halogenated alkanes) is 18. The van der Waals surface area contributed by atoms with Gasteiger partial charge >= 0.3 is 5.97 Å². The van der Waals surface area contributed by atoms with Crippen LogP contribution in [0.4, 0.5) is 0 Å². The molecule has 0 spiro atoms. The van der Waals surface area contributed by atoms with Gasteiger partial charge in [-0.3, -0.25) is 9.59 Å². The van der Waals surface area contributed by atoms with Crippen LogP contribution in [-0.4, -0.2) is 46.9 Å². The van der Waals surface area contributed by atoms with Gasteiger partial charge in [0.25, 0.3) is 0 Å². The lowest BCUT2D eigenvalue weighted by Gasteiger charge is -2.24. The van der Waals surface area contributed by atoms with Crippen LogP contribution >= 0.6 is 0 Å². The number of aliphatic hydroxyl groups excluding tert-OH is 2. The molecule has 0 aromatic heterocycles. The molecular formula is C43H77NO5. The van der Waals surface area contributed by atoms with Crippen LogP contribution in [-0.2, 0) is 14.3 Å². The van der Waals surface area contributed by atoms with Gasteiger partial charge in [-0.15, -0.1) is 0 Å². The van der Waals surface area contributed by atoms with Gasteiger partial charge in [0.1, 0.15) is 6.10 Å². The van der Waals surface area contributed by atoms with Crippen molar-refractivity contribution >= 4 is 11.9 Å². The van der Waals surface area contributed by atoms with Crippen LogP contribution in [0, 0.1) is 0 Å². The van der Waals surface area contributed by atoms with E-state index in [1.165, 1.54) is 83.5 Å². The van der Waals surface area contributed by atoms with Crippen LogP contribution < -0.4 is 5.32 Å². The normalized spacial score (nSPS) is 14.0. The van der Waals surface area contributed by atoms with E-state index in [0.29, 0.717) is 19.3 Å². The van der Waals surface area contributed by atoms with Crippen molar-refractivity contribution in [3.63, 3.8) is 0 Å². The number of hydrogen-bond donors (Lipinski definition) is 3. The maximum absolute atomic E-state index is 13.0. The summed E-state index contributed by atoms with van der Waals surface area (Å²) in [4.78, 5) is 25.8. The largest absolute Gasteiger partial charge is 0.462 e. The maximum atomic E-state index is 13.0. The Morgan fingerprint density at radius 1 is 0.612 bits per heavy atom. The SMILES string of the molecule is CC/C=C/C=C/C=C\C=C/CCCC(CC(=O)NC(CO)C(O)CCCCCCCCCCC)OC(=O)CCCCCCCCCCCC. The predicted octanol–water partition coefficient (Wildman–Crippen LogP) is 11.2. The van der Waals surface area contributed by atoms with Gasteiger partial charge in [-0.25, -0.2) is 0 Å². The summed E-state index contributed by atoms with van der Waals surface area (Å²) in [5, 5.41) is 23.4. The Kier molecular flexibility index (Phi) is 35.4. The smallest absolute Gasteiger partial charge is 0.306 e. The lowest BCUT2D eigenvalue weighted by Crippen LogP contribution is -2.46. The molecule has 0 bridgehead atoms. The lowest BCUT2D eigenvalue weighted by molar-refractivity contribution is -0.151. The van der Waals surface area contributed by atoms with Gasteiger partial charge < -0.3 is 20.3 Å². The van der Waals surface area contributed by atoms with Crippen LogP contribution in [0.25, 0.3) is 0 Å². The van der Waals surface area contributed by atoms with E-state index in [1.807, 2.05) is 36.5 Å². The summed E-state index contributed by atoms with van der Waals surface area (Å²) in [7, 11) is 0. The van der Waals surface area contributed by atoms with Crippen molar-refractivity contribution in [1.29, 1.82) is 0 Å². The Labute approximate surface area is 302 Å². The molecule has 0 saturated heterocycles. The second kappa shape index (κ2) is 37.1. The summed E-state index contributed by atoms with van der Waals surface area (Å²) >= 11 is 0. The van der Waals surface area contributed by atoms with Gasteiger partial charge in [0.2, 0.25) is 5.91 Å². The summed E-state index contributed by atoms with van der Waals surface area (Å²) in [5.74, 6) is -0.548. The fraction of sp³-hybridized carbons (Fsp3) is 0.767. The Morgan fingerprint density at radius 2 is 1.10 bits per heavy atom. The highest BCUT2D eigenvalue weighted by atomic mass is 16.5. The minimum Gasteiger partial charge on any atom is -0.462 e. The van der Waals surface area contributed by atoms with E-state index in [2.05, 4.69) is 38.2 Å². The molecule has 0 radical (unpaired) electrons. The number of carbonyl (C=O) groups excluding carboxylic acids is 2. The van der Waals surface area contributed by atoms with Crippen LogP contribution in [0.2, 0.25) is 0 Å². The number of rotatable bonds is 35. The number of hydrogen-bond acceptors (Lipinski definition) is 5. The number of allylic oxidation sites excluding steroid dienone is 8. The standard InChI is InChI=1S/C43H77NO5/c1-4-7-10-13-16-19-21-23-25-28-31-34-39(49-43(48)36-33-30-27-24-20-17-14-11-8-5-2)37-42(47)44-40(38-45)41(46)35-32-29-26-22-18-15-12-9-6-3/h7,10,13,16,19,21,23,25,39-41,45-46H,4-6,8-9,11-12,14-15,17-18,20,22,24,26-38H2,1-3H3,(H,44,47)/b10-7+,16-13+,21-19-,25-23-. The second-order valence-corrected chi connectivity index (χ2v) is 13.8. The molecule has 0 fully saturated rings. The molecule has 284 valence electrons. The molecule has 1 amide bonds. The Morgan fingerprint density at radius 3 is 1.63 bits per heavy atom. The first kappa shape index (κ1) is 46.8. The molecule has 3 atom stereocenters. The maximum Gasteiger partial charge on any atom is 0.306 e. The number of nitrogens with one attached hydrogen (secondary N) is 1. The molecule has 0 heterocycles. The zero-order valence-corrected chi connectivity index (χ0v) is 32.1. The number of ether oxygens (including phenoxy) is 1. The highest BCUT2D eigenvalue weighted by Gasteiger charge is 2.23. The zero-order chi connectivity index (χ0) is 36.0. The lowest BCUT2D eigenvalue weighted by atomic mass is 10.0. The van der Waals surface area contributed by atoms with Crippen LogP contribution in [0.5, 0.6) is 0 Å². The van der Waals surface area contributed by atoms with Crippen molar-refractivity contribution in [1.82, 2.24) is 5.32 Å². The second-order valence-electron chi connectivity index (χ2n) is 13.8. The van der Waals surface area contributed by atoms with Crippen LogP contribution in [0.15, 0.2) is 48.6 Å². The predicted molar refractivity (Wildman–Crippen MR) is 209 cm³/mol. The highest BCUT2D eigenvalue weighted by molar-refractivity contribution is 5.77. The number of esters is 1. The van der Waals surface area contributed by atoms with E-state index >= 15 is 0 Å². The number of aliphatic hydroxyl groups is 2. The van der Waals surface area contributed by atoms with E-state index in [0.717, 1.165) is 57.8 Å². The Hall–Kier alpha value is -2.18. The quantitative estimate of drug-likeness (QED) is 0.0350. The van der Waals surface area contributed by atoms with Gasteiger partial charge in [-0.1, -0.05) is 185 Å². The average molecular weight is 688 g/mol. The van der Waals surface area contributed by atoms with Crippen molar-refractivity contribution in [3.05, 3.63) is 48.6 Å². The molecule has 0 aromatic rings. The van der Waals surface area contributed by atoms with Crippen molar-refractivity contribution in [3.8, 4) is 0 Å².